The summed E-state index contributed by atoms with van der Waals surface area (Å²) in [5, 5.41) is 0. The topological polar surface area (TPSA) is 52.3 Å². The first-order chi connectivity index (χ1) is 7.90. The molecule has 6 heteroatoms. The normalized spacial score (nSPS) is 10.6. The van der Waals surface area contributed by atoms with Gasteiger partial charge < -0.3 is 10.5 Å². The summed E-state index contributed by atoms with van der Waals surface area (Å²) in [5.41, 5.74) is 5.28. The lowest BCUT2D eigenvalue weighted by Gasteiger charge is -2.08. The fourth-order valence-corrected chi connectivity index (χ4v) is 1.87. The number of halogens is 2. The molecule has 0 saturated heterocycles. The van der Waals surface area contributed by atoms with Crippen molar-refractivity contribution in [1.82, 2.24) is 0 Å². The third-order valence-corrected chi connectivity index (χ3v) is 2.78. The average Bonchev–Trinajstić information content (AvgIpc) is 2.14. The number of ether oxygens (including phenoxy) is 1. The van der Waals surface area contributed by atoms with E-state index in [2.05, 4.69) is 0 Å². The van der Waals surface area contributed by atoms with E-state index < -0.39 is 17.6 Å². The molecule has 0 fully saturated rings. The summed E-state index contributed by atoms with van der Waals surface area (Å²) in [5.74, 6) is -2.20. The van der Waals surface area contributed by atoms with E-state index in [1.165, 1.54) is 0 Å². The molecular weight excluding hydrogens is 248 g/mol. The zero-order valence-electron chi connectivity index (χ0n) is 9.50. The number of nitrogen functional groups attached to an aromatic ring is 1. The van der Waals surface area contributed by atoms with Gasteiger partial charge in [0.05, 0.1) is 16.8 Å². The third-order valence-electron chi connectivity index (χ3n) is 1.72. The molecule has 0 unspecified atom stereocenters. The number of hydrogen-bond donors (Lipinski definition) is 1. The Morgan fingerprint density at radius 3 is 2.41 bits per heavy atom. The summed E-state index contributed by atoms with van der Waals surface area (Å²) < 4.78 is 31.5. The quantitative estimate of drug-likeness (QED) is 0.514. The molecule has 94 valence electrons. The fraction of sp³-hybridized carbons (Fsp3) is 0.364. The number of carbonyl (C=O) groups excluding carboxylic acids is 1. The molecular formula is C11H13F2NO2S. The maximum absolute atomic E-state index is 13.3. The van der Waals surface area contributed by atoms with Gasteiger partial charge in [0, 0.05) is 5.69 Å². The van der Waals surface area contributed by atoms with Gasteiger partial charge in [0.2, 0.25) is 0 Å². The molecule has 0 spiro atoms. The van der Waals surface area contributed by atoms with Crippen LogP contribution in [0.1, 0.15) is 13.8 Å². The van der Waals surface area contributed by atoms with Crippen LogP contribution in [-0.2, 0) is 9.53 Å². The monoisotopic (exact) mass is 261 g/mol. The van der Waals surface area contributed by atoms with E-state index in [-0.39, 0.29) is 22.4 Å². The van der Waals surface area contributed by atoms with Crippen molar-refractivity contribution < 1.29 is 18.3 Å². The molecule has 0 bridgehead atoms. The van der Waals surface area contributed by atoms with E-state index >= 15 is 0 Å². The van der Waals surface area contributed by atoms with Gasteiger partial charge in [-0.05, 0) is 26.0 Å². The van der Waals surface area contributed by atoms with Crippen molar-refractivity contribution in [2.45, 2.75) is 24.8 Å². The maximum Gasteiger partial charge on any atom is 0.316 e. The van der Waals surface area contributed by atoms with Crippen molar-refractivity contribution in [3.05, 3.63) is 23.8 Å². The Bertz CT molecular complexity index is 401. The molecule has 1 rings (SSSR count). The highest BCUT2D eigenvalue weighted by Crippen LogP contribution is 2.27. The van der Waals surface area contributed by atoms with Crippen LogP contribution in [0.3, 0.4) is 0 Å². The summed E-state index contributed by atoms with van der Waals surface area (Å²) in [6.07, 6.45) is -0.246. The summed E-state index contributed by atoms with van der Waals surface area (Å²) in [6.45, 7) is 3.40. The van der Waals surface area contributed by atoms with Crippen LogP contribution in [0.2, 0.25) is 0 Å². The van der Waals surface area contributed by atoms with E-state index in [4.69, 9.17) is 10.5 Å². The molecule has 3 nitrogen and oxygen atoms in total. The lowest BCUT2D eigenvalue weighted by atomic mass is 10.3. The molecule has 2 N–H and O–H groups in total. The largest absolute Gasteiger partial charge is 0.462 e. The molecule has 0 amide bonds. The van der Waals surface area contributed by atoms with Gasteiger partial charge in [0.15, 0.2) is 0 Å². The van der Waals surface area contributed by atoms with Crippen molar-refractivity contribution in [2.24, 2.45) is 0 Å². The van der Waals surface area contributed by atoms with Crippen molar-refractivity contribution in [1.29, 1.82) is 0 Å². The van der Waals surface area contributed by atoms with Gasteiger partial charge >= 0.3 is 5.97 Å². The average molecular weight is 261 g/mol. The number of carbonyl (C=O) groups is 1. The number of rotatable bonds is 4. The highest BCUT2D eigenvalue weighted by molar-refractivity contribution is 8.00. The van der Waals surface area contributed by atoms with Gasteiger partial charge in [-0.15, -0.1) is 11.8 Å². The first kappa shape index (κ1) is 13.8. The van der Waals surface area contributed by atoms with Crippen molar-refractivity contribution in [3.63, 3.8) is 0 Å². The standard InChI is InChI=1S/C11H13F2NO2S/c1-6(2)16-10(15)5-17-11-8(12)3-7(14)4-9(11)13/h3-4,6H,5,14H2,1-2H3. The smallest absolute Gasteiger partial charge is 0.316 e. The maximum atomic E-state index is 13.3. The summed E-state index contributed by atoms with van der Waals surface area (Å²) in [6, 6.07) is 2.03. The number of nitrogens with two attached hydrogens (primary N) is 1. The van der Waals surface area contributed by atoms with Crippen LogP contribution in [0.4, 0.5) is 14.5 Å². The van der Waals surface area contributed by atoms with Crippen LogP contribution in [-0.4, -0.2) is 17.8 Å². The highest BCUT2D eigenvalue weighted by atomic mass is 32.2. The van der Waals surface area contributed by atoms with Gasteiger partial charge in [-0.2, -0.15) is 0 Å². The Kier molecular flexibility index (Phi) is 4.74. The molecule has 0 aliphatic heterocycles. The Balaban J connectivity index is 2.67. The van der Waals surface area contributed by atoms with Gasteiger partial charge in [-0.1, -0.05) is 0 Å². The van der Waals surface area contributed by atoms with Crippen molar-refractivity contribution >= 4 is 23.4 Å². The van der Waals surface area contributed by atoms with Crippen LogP contribution < -0.4 is 5.73 Å². The van der Waals surface area contributed by atoms with Crippen LogP contribution in [0.5, 0.6) is 0 Å². The minimum Gasteiger partial charge on any atom is -0.462 e. The molecule has 0 heterocycles. The molecule has 0 atom stereocenters. The second-order valence-corrected chi connectivity index (χ2v) is 4.63. The Hall–Kier alpha value is -1.30. The fourth-order valence-electron chi connectivity index (χ4n) is 1.15. The molecule has 0 radical (unpaired) electrons. The SMILES string of the molecule is CC(C)OC(=O)CSc1c(F)cc(N)cc1F. The summed E-state index contributed by atoms with van der Waals surface area (Å²) >= 11 is 0.752. The lowest BCUT2D eigenvalue weighted by Crippen LogP contribution is -2.13. The van der Waals surface area contributed by atoms with Gasteiger partial charge in [0.1, 0.15) is 11.6 Å². The van der Waals surface area contributed by atoms with Crippen LogP contribution >= 0.6 is 11.8 Å². The van der Waals surface area contributed by atoms with E-state index in [1.54, 1.807) is 13.8 Å². The lowest BCUT2D eigenvalue weighted by molar-refractivity contribution is -0.144. The zero-order chi connectivity index (χ0) is 13.0. The highest BCUT2D eigenvalue weighted by Gasteiger charge is 2.14. The molecule has 1 aromatic carbocycles. The minimum absolute atomic E-state index is 0.00843. The Morgan fingerprint density at radius 1 is 1.41 bits per heavy atom. The van der Waals surface area contributed by atoms with Gasteiger partial charge in [0.25, 0.3) is 0 Å². The van der Waals surface area contributed by atoms with E-state index in [9.17, 15) is 13.6 Å². The van der Waals surface area contributed by atoms with Gasteiger partial charge in [-0.3, -0.25) is 4.79 Å². The number of hydrogen-bond acceptors (Lipinski definition) is 4. The zero-order valence-corrected chi connectivity index (χ0v) is 10.3. The van der Waals surface area contributed by atoms with Crippen molar-refractivity contribution in [3.8, 4) is 0 Å². The predicted octanol–water partition coefficient (Wildman–Crippen LogP) is 2.59. The minimum atomic E-state index is -0.773. The Labute approximate surface area is 102 Å². The van der Waals surface area contributed by atoms with E-state index in [0.717, 1.165) is 23.9 Å². The van der Waals surface area contributed by atoms with Crippen LogP contribution in [0.25, 0.3) is 0 Å². The molecule has 17 heavy (non-hydrogen) atoms. The van der Waals surface area contributed by atoms with Crippen molar-refractivity contribution in [2.75, 3.05) is 11.5 Å². The van der Waals surface area contributed by atoms with Crippen LogP contribution in [0, 0.1) is 11.6 Å². The number of benzene rings is 1. The summed E-state index contributed by atoms with van der Waals surface area (Å²) in [7, 11) is 0. The summed E-state index contributed by atoms with van der Waals surface area (Å²) in [4.78, 5) is 11.0. The van der Waals surface area contributed by atoms with E-state index in [1.807, 2.05) is 0 Å². The first-order valence-electron chi connectivity index (χ1n) is 4.97. The number of esters is 1. The molecule has 0 aliphatic rings. The second kappa shape index (κ2) is 5.86. The van der Waals surface area contributed by atoms with E-state index in [0.29, 0.717) is 0 Å². The Morgan fingerprint density at radius 2 is 1.94 bits per heavy atom. The number of thioether (sulfide) groups is 1. The predicted molar refractivity (Wildman–Crippen MR) is 62.7 cm³/mol. The molecule has 0 aromatic heterocycles. The first-order valence-corrected chi connectivity index (χ1v) is 5.95. The molecule has 1 aromatic rings. The molecule has 0 saturated carbocycles. The second-order valence-electron chi connectivity index (χ2n) is 3.64. The third kappa shape index (κ3) is 4.22. The number of anilines is 1. The molecule has 0 aliphatic carbocycles. The van der Waals surface area contributed by atoms with Gasteiger partial charge in [-0.25, -0.2) is 8.78 Å². The van der Waals surface area contributed by atoms with Crippen LogP contribution in [0.15, 0.2) is 17.0 Å².